The summed E-state index contributed by atoms with van der Waals surface area (Å²) in [4.78, 5) is 7.97. The van der Waals surface area contributed by atoms with Gasteiger partial charge in [0.15, 0.2) is 0 Å². The first-order valence-corrected chi connectivity index (χ1v) is 9.82. The normalized spacial score (nSPS) is 12.9. The first-order valence-electron chi connectivity index (χ1n) is 9.44. The fourth-order valence-corrected chi connectivity index (χ4v) is 3.19. The average molecular weight is 459 g/mol. The predicted octanol–water partition coefficient (Wildman–Crippen LogP) is 4.36. The average Bonchev–Trinajstić information content (AvgIpc) is 3.27. The molecule has 1 atom stereocenters. The summed E-state index contributed by atoms with van der Waals surface area (Å²) in [5, 5.41) is 15.6. The minimum absolute atomic E-state index is 0.138. The highest BCUT2D eigenvalue weighted by atomic mass is 35.5. The summed E-state index contributed by atoms with van der Waals surface area (Å²) in [7, 11) is 0. The van der Waals surface area contributed by atoms with Crippen molar-refractivity contribution >= 4 is 11.6 Å². The van der Waals surface area contributed by atoms with Crippen molar-refractivity contribution in [2.45, 2.75) is 12.1 Å². The lowest BCUT2D eigenvalue weighted by Gasteiger charge is -2.28. The lowest BCUT2D eigenvalue weighted by Crippen LogP contribution is -2.39. The molecule has 2 aromatic carbocycles. The van der Waals surface area contributed by atoms with E-state index in [1.165, 1.54) is 29.6 Å². The van der Waals surface area contributed by atoms with Crippen molar-refractivity contribution in [1.82, 2.24) is 19.7 Å². The Hall–Kier alpha value is -3.56. The largest absolute Gasteiger partial charge is 0.489 e. The van der Waals surface area contributed by atoms with Crippen LogP contribution in [0.1, 0.15) is 5.56 Å². The van der Waals surface area contributed by atoms with E-state index >= 15 is 0 Å². The number of nitrogens with zero attached hydrogens (tertiary/aromatic N) is 4. The summed E-state index contributed by atoms with van der Waals surface area (Å²) >= 11 is 6.07. The smallest absolute Gasteiger partial charge is 0.219 e. The summed E-state index contributed by atoms with van der Waals surface area (Å²) < 4.78 is 40.4. The second-order valence-corrected chi connectivity index (χ2v) is 7.31. The fourth-order valence-electron chi connectivity index (χ4n) is 3.01. The Balaban J connectivity index is 1.51. The van der Waals surface area contributed by atoms with Crippen LogP contribution in [0.5, 0.6) is 17.4 Å². The molecular weight excluding hydrogens is 442 g/mol. The highest BCUT2D eigenvalue weighted by molar-refractivity contribution is 6.32. The zero-order valence-electron chi connectivity index (χ0n) is 16.5. The van der Waals surface area contributed by atoms with E-state index in [-0.39, 0.29) is 24.6 Å². The van der Waals surface area contributed by atoms with E-state index in [1.54, 1.807) is 36.4 Å². The maximum atomic E-state index is 14.5. The molecule has 0 fully saturated rings. The number of para-hydroxylation sites is 1. The first-order chi connectivity index (χ1) is 15.4. The first kappa shape index (κ1) is 21.7. The molecule has 0 saturated heterocycles. The molecule has 0 saturated carbocycles. The van der Waals surface area contributed by atoms with Gasteiger partial charge in [-0.2, -0.15) is 5.10 Å². The molecule has 0 bridgehead atoms. The second kappa shape index (κ2) is 9.29. The van der Waals surface area contributed by atoms with Gasteiger partial charge in [-0.3, -0.25) is 0 Å². The molecule has 0 aliphatic carbocycles. The van der Waals surface area contributed by atoms with Crippen LogP contribution in [0.2, 0.25) is 5.02 Å². The minimum Gasteiger partial charge on any atom is -0.489 e. The van der Waals surface area contributed by atoms with Crippen molar-refractivity contribution < 1.29 is 23.4 Å². The molecule has 0 amide bonds. The van der Waals surface area contributed by atoms with Crippen LogP contribution in [0.15, 0.2) is 73.4 Å². The Morgan fingerprint density at radius 3 is 2.62 bits per heavy atom. The van der Waals surface area contributed by atoms with Crippen LogP contribution in [0.4, 0.5) is 8.78 Å². The Morgan fingerprint density at radius 2 is 1.94 bits per heavy atom. The van der Waals surface area contributed by atoms with Crippen molar-refractivity contribution in [1.29, 1.82) is 0 Å². The topological polar surface area (TPSA) is 82.3 Å². The van der Waals surface area contributed by atoms with Crippen LogP contribution in [-0.2, 0) is 12.1 Å². The number of benzene rings is 2. The molecule has 0 radical (unpaired) electrons. The van der Waals surface area contributed by atoms with E-state index in [4.69, 9.17) is 21.1 Å². The van der Waals surface area contributed by atoms with Crippen LogP contribution < -0.4 is 9.47 Å². The van der Waals surface area contributed by atoms with E-state index < -0.39 is 17.2 Å². The van der Waals surface area contributed by atoms with Gasteiger partial charge in [-0.15, -0.1) is 0 Å². The van der Waals surface area contributed by atoms with E-state index in [1.807, 2.05) is 0 Å². The SMILES string of the molecule is O[C@](COc1ccc(Oc2ccccc2Cl)nc1)(Cn1cncn1)c1ccc(F)cc1F. The van der Waals surface area contributed by atoms with Gasteiger partial charge in [0.1, 0.15) is 48.0 Å². The maximum absolute atomic E-state index is 14.5. The molecule has 2 aromatic heterocycles. The van der Waals surface area contributed by atoms with E-state index in [2.05, 4.69) is 15.1 Å². The Kier molecular flexibility index (Phi) is 6.29. The molecule has 1 N–H and O–H groups in total. The molecule has 0 aliphatic heterocycles. The van der Waals surface area contributed by atoms with Gasteiger partial charge in [0, 0.05) is 17.7 Å². The van der Waals surface area contributed by atoms with Crippen molar-refractivity contribution in [3.8, 4) is 17.4 Å². The number of halogens is 3. The van der Waals surface area contributed by atoms with E-state index in [9.17, 15) is 13.9 Å². The third kappa shape index (κ3) is 5.01. The zero-order chi connectivity index (χ0) is 22.6. The van der Waals surface area contributed by atoms with Gasteiger partial charge in [-0.1, -0.05) is 29.8 Å². The molecule has 10 heteroatoms. The van der Waals surface area contributed by atoms with E-state index in [0.717, 1.165) is 6.07 Å². The van der Waals surface area contributed by atoms with Gasteiger partial charge in [0.05, 0.1) is 17.8 Å². The number of ether oxygens (including phenoxy) is 2. The highest BCUT2D eigenvalue weighted by Crippen LogP contribution is 2.30. The van der Waals surface area contributed by atoms with Crippen LogP contribution >= 0.6 is 11.6 Å². The van der Waals surface area contributed by atoms with Crippen molar-refractivity contribution in [3.63, 3.8) is 0 Å². The highest BCUT2D eigenvalue weighted by Gasteiger charge is 2.34. The van der Waals surface area contributed by atoms with Gasteiger partial charge in [-0.05, 0) is 24.3 Å². The van der Waals surface area contributed by atoms with Crippen LogP contribution in [-0.4, -0.2) is 31.5 Å². The molecule has 4 rings (SSSR count). The Bertz CT molecular complexity index is 1190. The summed E-state index contributed by atoms with van der Waals surface area (Å²) in [5.74, 6) is -0.625. The zero-order valence-corrected chi connectivity index (χ0v) is 17.3. The number of pyridine rings is 1. The summed E-state index contributed by atoms with van der Waals surface area (Å²) in [6.07, 6.45) is 4.04. The van der Waals surface area contributed by atoms with Gasteiger partial charge in [0.2, 0.25) is 5.88 Å². The molecule has 0 unspecified atom stereocenters. The molecule has 2 heterocycles. The molecule has 164 valence electrons. The van der Waals surface area contributed by atoms with Gasteiger partial charge in [-0.25, -0.2) is 23.4 Å². The second-order valence-electron chi connectivity index (χ2n) is 6.90. The number of aromatic nitrogens is 4. The Labute approximate surface area is 186 Å². The van der Waals surface area contributed by atoms with Crippen LogP contribution in [0, 0.1) is 11.6 Å². The van der Waals surface area contributed by atoms with Gasteiger partial charge < -0.3 is 14.6 Å². The molecule has 4 aromatic rings. The number of hydrogen-bond donors (Lipinski definition) is 1. The number of aliphatic hydroxyl groups is 1. The lowest BCUT2D eigenvalue weighted by molar-refractivity contribution is -0.0298. The number of rotatable bonds is 8. The number of hydrogen-bond acceptors (Lipinski definition) is 6. The van der Waals surface area contributed by atoms with Crippen LogP contribution in [0.25, 0.3) is 0 Å². The molecule has 32 heavy (non-hydrogen) atoms. The van der Waals surface area contributed by atoms with Crippen molar-refractivity contribution in [2.75, 3.05) is 6.61 Å². The summed E-state index contributed by atoms with van der Waals surface area (Å²) in [6, 6.07) is 13.0. The molecule has 0 aliphatic rings. The molecular formula is C22H17ClF2N4O3. The van der Waals surface area contributed by atoms with Gasteiger partial charge >= 0.3 is 0 Å². The third-order valence-electron chi connectivity index (χ3n) is 4.56. The third-order valence-corrected chi connectivity index (χ3v) is 4.87. The van der Waals surface area contributed by atoms with Gasteiger partial charge in [0.25, 0.3) is 0 Å². The summed E-state index contributed by atoms with van der Waals surface area (Å²) in [6.45, 7) is -0.529. The predicted molar refractivity (Wildman–Crippen MR) is 112 cm³/mol. The molecule has 0 spiro atoms. The minimum atomic E-state index is -1.86. The van der Waals surface area contributed by atoms with Crippen LogP contribution in [0.3, 0.4) is 0 Å². The lowest BCUT2D eigenvalue weighted by atomic mass is 9.94. The molecule has 7 nitrogen and oxygen atoms in total. The quantitative estimate of drug-likeness (QED) is 0.422. The summed E-state index contributed by atoms with van der Waals surface area (Å²) in [5.41, 5.74) is -2.00. The Morgan fingerprint density at radius 1 is 1.09 bits per heavy atom. The monoisotopic (exact) mass is 458 g/mol. The maximum Gasteiger partial charge on any atom is 0.219 e. The fraction of sp³-hybridized carbons (Fsp3) is 0.136. The van der Waals surface area contributed by atoms with E-state index in [0.29, 0.717) is 22.6 Å². The van der Waals surface area contributed by atoms with Crippen molar-refractivity contribution in [2.24, 2.45) is 0 Å². The standard InChI is InChI=1S/C22H17ClF2N4O3/c23-18-3-1-2-4-20(18)32-21-8-6-16(10-27-21)31-12-22(30,11-29-14-26-13-28-29)17-7-5-15(24)9-19(17)25/h1-10,13-14,30H,11-12H2/t22-/m0/s1. The van der Waals surface area contributed by atoms with Crippen molar-refractivity contribution in [3.05, 3.63) is 95.7 Å².